The molecule has 1 atom stereocenters. The summed E-state index contributed by atoms with van der Waals surface area (Å²) in [5, 5.41) is 14.0. The van der Waals surface area contributed by atoms with Crippen molar-refractivity contribution in [2.75, 3.05) is 31.8 Å². The highest BCUT2D eigenvalue weighted by Crippen LogP contribution is 2.44. The van der Waals surface area contributed by atoms with E-state index in [-0.39, 0.29) is 24.8 Å². The molecule has 0 unspecified atom stereocenters. The number of aliphatic carboxylic acids is 1. The number of esters is 1. The fourth-order valence-corrected chi connectivity index (χ4v) is 4.39. The molecule has 2 amide bonds. The summed E-state index contributed by atoms with van der Waals surface area (Å²) >= 11 is 1.22. The third-order valence-corrected chi connectivity index (χ3v) is 6.28. The molecule has 1 aliphatic carbocycles. The predicted molar refractivity (Wildman–Crippen MR) is 127 cm³/mol. The molecular formula is C24H26N2O7S. The number of carboxylic acids is 1. The van der Waals surface area contributed by atoms with Crippen LogP contribution in [0.2, 0.25) is 0 Å². The average Bonchev–Trinajstić information content (AvgIpc) is 3.15. The maximum Gasteiger partial charge on any atom is 0.407 e. The summed E-state index contributed by atoms with van der Waals surface area (Å²) in [6.07, 6.45) is -0.998. The number of benzene rings is 2. The van der Waals surface area contributed by atoms with E-state index in [1.807, 2.05) is 36.4 Å². The number of thioether (sulfide) groups is 1. The van der Waals surface area contributed by atoms with Crippen LogP contribution in [0.5, 0.6) is 0 Å². The SMILES string of the molecule is COC(=O)C[C@@H](NC(=O)CSCCNC(=O)OCC1c2ccccc2-c2ccccc21)C(=O)O. The standard InChI is InChI=1S/C24H26N2O7S/c1-32-22(28)12-20(23(29)30)26-21(27)14-34-11-10-25-24(31)33-13-19-17-8-4-2-6-15(17)16-7-3-5-9-18(16)19/h2-9,19-20H,10-14H2,1H3,(H,25,31)(H,26,27)(H,29,30)/t20-/m1/s1. The largest absolute Gasteiger partial charge is 0.480 e. The van der Waals surface area contributed by atoms with E-state index in [2.05, 4.69) is 27.5 Å². The summed E-state index contributed by atoms with van der Waals surface area (Å²) in [6, 6.07) is 14.8. The van der Waals surface area contributed by atoms with Gasteiger partial charge < -0.3 is 25.2 Å². The van der Waals surface area contributed by atoms with Crippen molar-refractivity contribution in [2.45, 2.75) is 18.4 Å². The third kappa shape index (κ3) is 6.50. The van der Waals surface area contributed by atoms with Crippen molar-refractivity contribution in [1.29, 1.82) is 0 Å². The van der Waals surface area contributed by atoms with E-state index < -0.39 is 36.4 Å². The average molecular weight is 487 g/mol. The second-order valence-corrected chi connectivity index (χ2v) is 8.65. The Labute approximate surface area is 201 Å². The first kappa shape index (κ1) is 25.1. The highest BCUT2D eigenvalue weighted by atomic mass is 32.2. The van der Waals surface area contributed by atoms with Gasteiger partial charge in [-0.05, 0) is 22.3 Å². The second kappa shape index (κ2) is 12.1. The lowest BCUT2D eigenvalue weighted by atomic mass is 9.98. The first-order valence-electron chi connectivity index (χ1n) is 10.7. The Kier molecular flexibility index (Phi) is 8.92. The van der Waals surface area contributed by atoms with Crippen molar-refractivity contribution in [2.24, 2.45) is 0 Å². The minimum atomic E-state index is -1.35. The smallest absolute Gasteiger partial charge is 0.407 e. The van der Waals surface area contributed by atoms with Crippen molar-refractivity contribution in [3.63, 3.8) is 0 Å². The first-order chi connectivity index (χ1) is 16.4. The minimum Gasteiger partial charge on any atom is -0.480 e. The van der Waals surface area contributed by atoms with Crippen LogP contribution in [-0.2, 0) is 23.9 Å². The van der Waals surface area contributed by atoms with E-state index in [1.54, 1.807) is 0 Å². The molecule has 3 rings (SSSR count). The Morgan fingerprint density at radius 2 is 1.65 bits per heavy atom. The Morgan fingerprint density at radius 1 is 1.03 bits per heavy atom. The maximum absolute atomic E-state index is 12.1. The van der Waals surface area contributed by atoms with Gasteiger partial charge in [-0.3, -0.25) is 9.59 Å². The van der Waals surface area contributed by atoms with E-state index >= 15 is 0 Å². The highest BCUT2D eigenvalue weighted by Gasteiger charge is 2.29. The van der Waals surface area contributed by atoms with Crippen molar-refractivity contribution < 1.29 is 33.8 Å². The van der Waals surface area contributed by atoms with Crippen LogP contribution in [0.4, 0.5) is 4.79 Å². The Morgan fingerprint density at radius 3 is 2.24 bits per heavy atom. The van der Waals surface area contributed by atoms with E-state index in [0.29, 0.717) is 5.75 Å². The van der Waals surface area contributed by atoms with Gasteiger partial charge >= 0.3 is 18.0 Å². The van der Waals surface area contributed by atoms with Crippen molar-refractivity contribution in [1.82, 2.24) is 10.6 Å². The van der Waals surface area contributed by atoms with Gasteiger partial charge in [-0.25, -0.2) is 9.59 Å². The summed E-state index contributed by atoms with van der Waals surface area (Å²) in [4.78, 5) is 46.4. The Hall–Kier alpha value is -3.53. The van der Waals surface area contributed by atoms with Gasteiger partial charge in [0.25, 0.3) is 0 Å². The van der Waals surface area contributed by atoms with E-state index in [1.165, 1.54) is 11.8 Å². The number of hydrogen-bond acceptors (Lipinski definition) is 7. The van der Waals surface area contributed by atoms with E-state index in [0.717, 1.165) is 29.4 Å². The van der Waals surface area contributed by atoms with Crippen LogP contribution < -0.4 is 10.6 Å². The van der Waals surface area contributed by atoms with Crippen LogP contribution in [0.3, 0.4) is 0 Å². The van der Waals surface area contributed by atoms with E-state index in [9.17, 15) is 19.2 Å². The molecule has 180 valence electrons. The highest BCUT2D eigenvalue weighted by molar-refractivity contribution is 7.99. The summed E-state index contributed by atoms with van der Waals surface area (Å²) in [7, 11) is 1.14. The number of carbonyl (C=O) groups excluding carboxylic acids is 3. The van der Waals surface area contributed by atoms with Gasteiger partial charge in [0.1, 0.15) is 12.6 Å². The fourth-order valence-electron chi connectivity index (χ4n) is 3.73. The first-order valence-corrected chi connectivity index (χ1v) is 11.8. The van der Waals surface area contributed by atoms with Gasteiger partial charge in [0, 0.05) is 18.2 Å². The molecule has 0 bridgehead atoms. The van der Waals surface area contributed by atoms with Crippen LogP contribution in [0.1, 0.15) is 23.5 Å². The lowest BCUT2D eigenvalue weighted by Crippen LogP contribution is -2.43. The minimum absolute atomic E-state index is 0.0165. The Bertz CT molecular complexity index is 1010. The summed E-state index contributed by atoms with van der Waals surface area (Å²) in [5.41, 5.74) is 4.56. The number of rotatable bonds is 11. The molecule has 2 aromatic rings. The fraction of sp³-hybridized carbons (Fsp3) is 0.333. The van der Waals surface area contributed by atoms with Crippen molar-refractivity contribution in [3.8, 4) is 11.1 Å². The molecule has 0 aliphatic heterocycles. The molecule has 3 N–H and O–H groups in total. The maximum atomic E-state index is 12.1. The van der Waals surface area contributed by atoms with Gasteiger partial charge in [-0.15, -0.1) is 0 Å². The molecule has 2 aromatic carbocycles. The number of ether oxygens (including phenoxy) is 2. The number of nitrogens with one attached hydrogen (secondary N) is 2. The number of amides is 2. The summed E-state index contributed by atoms with van der Waals surface area (Å²) < 4.78 is 9.87. The lowest BCUT2D eigenvalue weighted by molar-refractivity contribution is -0.148. The van der Waals surface area contributed by atoms with Gasteiger partial charge in [-0.2, -0.15) is 11.8 Å². The number of fused-ring (bicyclic) bond motifs is 3. The molecule has 0 saturated carbocycles. The molecule has 1 aliphatic rings. The molecule has 0 fully saturated rings. The van der Waals surface area contributed by atoms with Gasteiger partial charge in [-0.1, -0.05) is 48.5 Å². The number of hydrogen-bond donors (Lipinski definition) is 3. The van der Waals surface area contributed by atoms with Crippen molar-refractivity contribution in [3.05, 3.63) is 59.7 Å². The van der Waals surface area contributed by atoms with Crippen molar-refractivity contribution >= 4 is 35.7 Å². The van der Waals surface area contributed by atoms with Crippen LogP contribution in [0.25, 0.3) is 11.1 Å². The topological polar surface area (TPSA) is 131 Å². The van der Waals surface area contributed by atoms with Crippen LogP contribution in [0, 0.1) is 0 Å². The second-order valence-electron chi connectivity index (χ2n) is 7.54. The Balaban J connectivity index is 1.37. The third-order valence-electron chi connectivity index (χ3n) is 5.32. The molecule has 0 radical (unpaired) electrons. The van der Waals surface area contributed by atoms with E-state index in [4.69, 9.17) is 9.84 Å². The zero-order chi connectivity index (χ0) is 24.5. The van der Waals surface area contributed by atoms with Gasteiger partial charge in [0.15, 0.2) is 0 Å². The molecule has 9 nitrogen and oxygen atoms in total. The monoisotopic (exact) mass is 486 g/mol. The predicted octanol–water partition coefficient (Wildman–Crippen LogP) is 2.39. The quantitative estimate of drug-likeness (QED) is 0.326. The zero-order valence-corrected chi connectivity index (χ0v) is 19.4. The molecule has 10 heteroatoms. The van der Waals surface area contributed by atoms with Gasteiger partial charge in [0.2, 0.25) is 5.91 Å². The number of carbonyl (C=O) groups is 4. The molecular weight excluding hydrogens is 460 g/mol. The molecule has 0 heterocycles. The summed E-state index contributed by atoms with van der Waals surface area (Å²) in [5.74, 6) is -2.19. The molecule has 0 aromatic heterocycles. The van der Waals surface area contributed by atoms with Gasteiger partial charge in [0.05, 0.1) is 19.3 Å². The number of alkyl carbamates (subject to hydrolysis) is 1. The van der Waals surface area contributed by atoms with Crippen LogP contribution in [0.15, 0.2) is 48.5 Å². The zero-order valence-electron chi connectivity index (χ0n) is 18.6. The molecule has 0 saturated heterocycles. The normalized spacial score (nSPS) is 12.7. The number of methoxy groups -OCH3 is 1. The molecule has 0 spiro atoms. The number of carboxylic acid groups (broad SMARTS) is 1. The molecule has 34 heavy (non-hydrogen) atoms. The van der Waals surface area contributed by atoms with Crippen LogP contribution >= 0.6 is 11.8 Å². The lowest BCUT2D eigenvalue weighted by Gasteiger charge is -2.15. The van der Waals surface area contributed by atoms with Crippen LogP contribution in [-0.4, -0.2) is 66.9 Å². The summed E-state index contributed by atoms with van der Waals surface area (Å²) in [6.45, 7) is 0.491.